The minimum Gasteiger partial charge on any atom is -0.492 e. The second-order valence-corrected chi connectivity index (χ2v) is 6.28. The fraction of sp³-hybridized carbons (Fsp3) is 0.467. The van der Waals surface area contributed by atoms with Gasteiger partial charge in [0.2, 0.25) is 5.91 Å². The van der Waals surface area contributed by atoms with Gasteiger partial charge >= 0.3 is 0 Å². The van der Waals surface area contributed by atoms with Crippen LogP contribution in [0.25, 0.3) is 0 Å². The SMILES string of the molecule is COC[C@@H](C)NC(=S)NNC(=O)CCCOc1ccc(Cl)cc1Cl. The quantitative estimate of drug-likeness (QED) is 0.358. The third-order valence-electron chi connectivity index (χ3n) is 2.81. The molecule has 0 unspecified atom stereocenters. The summed E-state index contributed by atoms with van der Waals surface area (Å²) in [6.45, 7) is 2.79. The Bertz CT molecular complexity index is 561. The summed E-state index contributed by atoms with van der Waals surface area (Å²) in [6, 6.07) is 5.03. The number of amides is 1. The maximum Gasteiger partial charge on any atom is 0.238 e. The zero-order chi connectivity index (χ0) is 17.9. The second kappa shape index (κ2) is 11.3. The number of hydrogen-bond acceptors (Lipinski definition) is 4. The van der Waals surface area contributed by atoms with Gasteiger partial charge in [-0.25, -0.2) is 0 Å². The number of nitrogens with one attached hydrogen (secondary N) is 3. The smallest absolute Gasteiger partial charge is 0.238 e. The second-order valence-electron chi connectivity index (χ2n) is 5.03. The van der Waals surface area contributed by atoms with Crippen LogP contribution in [0.2, 0.25) is 10.0 Å². The average Bonchev–Trinajstić information content (AvgIpc) is 2.51. The topological polar surface area (TPSA) is 71.6 Å². The Morgan fingerprint density at radius 2 is 2.08 bits per heavy atom. The predicted molar refractivity (Wildman–Crippen MR) is 99.5 cm³/mol. The lowest BCUT2D eigenvalue weighted by Crippen LogP contribution is -2.49. The molecule has 1 rings (SSSR count). The molecular weight excluding hydrogens is 373 g/mol. The Morgan fingerprint density at radius 1 is 1.33 bits per heavy atom. The van der Waals surface area contributed by atoms with Crippen LogP contribution in [0.15, 0.2) is 18.2 Å². The molecule has 0 bridgehead atoms. The number of rotatable bonds is 8. The van der Waals surface area contributed by atoms with Gasteiger partial charge in [-0.15, -0.1) is 0 Å². The van der Waals surface area contributed by atoms with Crippen LogP contribution in [-0.4, -0.2) is 37.4 Å². The highest BCUT2D eigenvalue weighted by Crippen LogP contribution is 2.27. The zero-order valence-corrected chi connectivity index (χ0v) is 15.9. The van der Waals surface area contributed by atoms with Crippen LogP contribution in [-0.2, 0) is 9.53 Å². The largest absolute Gasteiger partial charge is 0.492 e. The van der Waals surface area contributed by atoms with E-state index in [9.17, 15) is 4.79 Å². The van der Waals surface area contributed by atoms with E-state index in [1.54, 1.807) is 25.3 Å². The van der Waals surface area contributed by atoms with Gasteiger partial charge in [0.15, 0.2) is 5.11 Å². The van der Waals surface area contributed by atoms with Crippen molar-refractivity contribution in [3.05, 3.63) is 28.2 Å². The Balaban J connectivity index is 2.16. The van der Waals surface area contributed by atoms with Gasteiger partial charge in [0.25, 0.3) is 0 Å². The molecule has 0 heterocycles. The minimum absolute atomic E-state index is 0.0458. The number of carbonyl (C=O) groups is 1. The molecule has 1 aromatic rings. The van der Waals surface area contributed by atoms with Gasteiger partial charge in [-0.2, -0.15) is 0 Å². The first-order valence-corrected chi connectivity index (χ1v) is 8.51. The van der Waals surface area contributed by atoms with E-state index in [0.717, 1.165) is 0 Å². The van der Waals surface area contributed by atoms with Crippen molar-refractivity contribution in [2.45, 2.75) is 25.8 Å². The van der Waals surface area contributed by atoms with Crippen molar-refractivity contribution in [1.82, 2.24) is 16.2 Å². The van der Waals surface area contributed by atoms with Crippen LogP contribution in [0.4, 0.5) is 0 Å². The molecule has 9 heteroatoms. The summed E-state index contributed by atoms with van der Waals surface area (Å²) >= 11 is 16.8. The average molecular weight is 394 g/mol. The third kappa shape index (κ3) is 8.54. The van der Waals surface area contributed by atoms with Crippen molar-refractivity contribution in [2.24, 2.45) is 0 Å². The number of hydrogen-bond donors (Lipinski definition) is 3. The van der Waals surface area contributed by atoms with E-state index in [2.05, 4.69) is 16.2 Å². The summed E-state index contributed by atoms with van der Waals surface area (Å²) < 4.78 is 10.5. The lowest BCUT2D eigenvalue weighted by Gasteiger charge is -2.16. The zero-order valence-electron chi connectivity index (χ0n) is 13.5. The number of thiocarbonyl (C=S) groups is 1. The first-order valence-electron chi connectivity index (χ1n) is 7.34. The van der Waals surface area contributed by atoms with Crippen molar-refractivity contribution >= 4 is 46.4 Å². The van der Waals surface area contributed by atoms with E-state index >= 15 is 0 Å². The molecule has 0 fully saturated rings. The van der Waals surface area contributed by atoms with Crippen LogP contribution in [0.3, 0.4) is 0 Å². The van der Waals surface area contributed by atoms with Gasteiger partial charge in [-0.05, 0) is 43.8 Å². The van der Waals surface area contributed by atoms with Crippen LogP contribution < -0.4 is 20.9 Å². The first kappa shape index (κ1) is 20.8. The lowest BCUT2D eigenvalue weighted by atomic mass is 10.3. The Hall–Kier alpha value is -1.28. The number of ether oxygens (including phenoxy) is 2. The van der Waals surface area contributed by atoms with Gasteiger partial charge in [0.1, 0.15) is 5.75 Å². The molecule has 1 atom stereocenters. The molecule has 0 radical (unpaired) electrons. The molecule has 0 aromatic heterocycles. The van der Waals surface area contributed by atoms with E-state index in [1.165, 1.54) is 0 Å². The molecule has 6 nitrogen and oxygen atoms in total. The van der Waals surface area contributed by atoms with Crippen LogP contribution in [0.1, 0.15) is 19.8 Å². The Morgan fingerprint density at radius 3 is 2.75 bits per heavy atom. The van der Waals surface area contributed by atoms with Crippen LogP contribution in [0.5, 0.6) is 5.75 Å². The summed E-state index contributed by atoms with van der Waals surface area (Å²) in [6.07, 6.45) is 0.821. The van der Waals surface area contributed by atoms with Crippen molar-refractivity contribution in [1.29, 1.82) is 0 Å². The van der Waals surface area contributed by atoms with Crippen molar-refractivity contribution in [2.75, 3.05) is 20.3 Å². The molecular formula is C15H21Cl2N3O3S. The standard InChI is InChI=1S/C15H21Cl2N3O3S/c1-10(9-22-2)18-15(24)20-19-14(21)4-3-7-23-13-6-5-11(16)8-12(13)17/h5-6,8,10H,3-4,7,9H2,1-2H3,(H,19,21)(H2,18,20,24)/t10-/m1/s1. The van der Waals surface area contributed by atoms with E-state index in [1.807, 2.05) is 6.92 Å². The van der Waals surface area contributed by atoms with E-state index in [0.29, 0.717) is 40.5 Å². The summed E-state index contributed by atoms with van der Waals surface area (Å²) in [5.41, 5.74) is 5.15. The molecule has 0 aliphatic carbocycles. The summed E-state index contributed by atoms with van der Waals surface area (Å²) in [7, 11) is 1.61. The Kier molecular flexibility index (Phi) is 9.78. The minimum atomic E-state index is -0.190. The third-order valence-corrected chi connectivity index (χ3v) is 3.56. The number of methoxy groups -OCH3 is 1. The fourth-order valence-corrected chi connectivity index (χ4v) is 2.46. The highest BCUT2D eigenvalue weighted by atomic mass is 35.5. The molecule has 1 amide bonds. The number of hydrazine groups is 1. The molecule has 0 saturated heterocycles. The van der Waals surface area contributed by atoms with E-state index in [4.69, 9.17) is 44.9 Å². The van der Waals surface area contributed by atoms with Gasteiger partial charge in [0.05, 0.1) is 18.2 Å². The molecule has 134 valence electrons. The highest BCUT2D eigenvalue weighted by Gasteiger charge is 2.06. The summed E-state index contributed by atoms with van der Waals surface area (Å²) in [4.78, 5) is 11.7. The van der Waals surface area contributed by atoms with Crippen LogP contribution in [0, 0.1) is 0 Å². The summed E-state index contributed by atoms with van der Waals surface area (Å²) in [5.74, 6) is 0.349. The van der Waals surface area contributed by atoms with Crippen LogP contribution >= 0.6 is 35.4 Å². The molecule has 24 heavy (non-hydrogen) atoms. The van der Waals surface area contributed by atoms with E-state index < -0.39 is 0 Å². The van der Waals surface area contributed by atoms with Crippen molar-refractivity contribution in [3.63, 3.8) is 0 Å². The fourth-order valence-electron chi connectivity index (χ4n) is 1.75. The molecule has 1 aromatic carbocycles. The maximum atomic E-state index is 11.7. The van der Waals surface area contributed by atoms with Crippen molar-refractivity contribution < 1.29 is 14.3 Å². The molecule has 0 saturated carbocycles. The Labute approximate surface area is 157 Å². The maximum absolute atomic E-state index is 11.7. The van der Waals surface area contributed by atoms with Gasteiger partial charge in [-0.3, -0.25) is 15.6 Å². The number of halogens is 2. The highest BCUT2D eigenvalue weighted by molar-refractivity contribution is 7.80. The molecule has 3 N–H and O–H groups in total. The number of benzene rings is 1. The monoisotopic (exact) mass is 393 g/mol. The predicted octanol–water partition coefficient (Wildman–Crippen LogP) is 2.68. The molecule has 0 aliphatic heterocycles. The normalized spacial score (nSPS) is 11.5. The van der Waals surface area contributed by atoms with Gasteiger partial charge in [-0.1, -0.05) is 23.2 Å². The summed E-state index contributed by atoms with van der Waals surface area (Å²) in [5, 5.41) is 4.28. The van der Waals surface area contributed by atoms with Gasteiger partial charge < -0.3 is 14.8 Å². The molecule has 0 spiro atoms. The van der Waals surface area contributed by atoms with E-state index in [-0.39, 0.29) is 18.4 Å². The number of carbonyl (C=O) groups excluding carboxylic acids is 1. The van der Waals surface area contributed by atoms with Gasteiger partial charge in [0, 0.05) is 24.6 Å². The molecule has 0 aliphatic rings. The lowest BCUT2D eigenvalue weighted by molar-refractivity contribution is -0.121. The van der Waals surface area contributed by atoms with Crippen molar-refractivity contribution in [3.8, 4) is 5.75 Å². The first-order chi connectivity index (χ1) is 11.4.